The number of fused-ring (bicyclic) bond motifs is 1. The third-order valence-electron chi connectivity index (χ3n) is 8.93. The van der Waals surface area contributed by atoms with Crippen molar-refractivity contribution in [1.29, 1.82) is 0 Å². The molecule has 204 valence electrons. The molecule has 4 heterocycles. The topological polar surface area (TPSA) is 71.7 Å². The second kappa shape index (κ2) is 9.11. The Kier molecular flexibility index (Phi) is 5.77. The summed E-state index contributed by atoms with van der Waals surface area (Å²) in [5.74, 6) is 1.96. The first kappa shape index (κ1) is 24.7. The van der Waals surface area contributed by atoms with Gasteiger partial charge in [-0.15, -0.1) is 10.2 Å². The van der Waals surface area contributed by atoms with Crippen molar-refractivity contribution in [2.24, 2.45) is 13.0 Å². The van der Waals surface area contributed by atoms with E-state index in [1.54, 1.807) is 15.8 Å². The van der Waals surface area contributed by atoms with Gasteiger partial charge in [0.25, 0.3) is 5.56 Å². The molecule has 0 amide bonds. The van der Waals surface area contributed by atoms with E-state index in [0.717, 1.165) is 59.4 Å². The molecular formula is C30H34F2N6O. The number of nitrogens with one attached hydrogen (secondary N) is 1. The summed E-state index contributed by atoms with van der Waals surface area (Å²) in [5.41, 5.74) is 4.18. The molecular weight excluding hydrogens is 498 g/mol. The third kappa shape index (κ3) is 4.22. The Morgan fingerprint density at radius 3 is 2.56 bits per heavy atom. The first-order valence-electron chi connectivity index (χ1n) is 14.0. The normalized spacial score (nSPS) is 27.6. The molecule has 7 nitrogen and oxygen atoms in total. The van der Waals surface area contributed by atoms with Crippen molar-refractivity contribution < 1.29 is 8.78 Å². The van der Waals surface area contributed by atoms with Gasteiger partial charge in [-0.25, -0.2) is 8.78 Å². The molecule has 1 N–H and O–H groups in total. The summed E-state index contributed by atoms with van der Waals surface area (Å²) >= 11 is 0. The molecule has 3 aliphatic rings. The zero-order valence-electron chi connectivity index (χ0n) is 22.4. The molecule has 1 aliphatic heterocycles. The summed E-state index contributed by atoms with van der Waals surface area (Å²) in [5, 5.41) is 9.55. The first-order valence-corrected chi connectivity index (χ1v) is 14.0. The Morgan fingerprint density at radius 2 is 1.90 bits per heavy atom. The predicted molar refractivity (Wildman–Crippen MR) is 146 cm³/mol. The molecule has 0 spiro atoms. The Balaban J connectivity index is 1.29. The van der Waals surface area contributed by atoms with Gasteiger partial charge >= 0.3 is 0 Å². The van der Waals surface area contributed by atoms with Crippen molar-refractivity contribution in [2.75, 3.05) is 13.1 Å². The van der Waals surface area contributed by atoms with Crippen molar-refractivity contribution in [1.82, 2.24) is 29.2 Å². The summed E-state index contributed by atoms with van der Waals surface area (Å²) in [7, 11) is 1.98. The highest BCUT2D eigenvalue weighted by Gasteiger charge is 2.48. The quantitative estimate of drug-likeness (QED) is 0.383. The van der Waals surface area contributed by atoms with Gasteiger partial charge in [-0.1, -0.05) is 19.1 Å². The van der Waals surface area contributed by atoms with E-state index >= 15 is 0 Å². The molecule has 0 radical (unpaired) electrons. The van der Waals surface area contributed by atoms with E-state index in [4.69, 9.17) is 0 Å². The van der Waals surface area contributed by atoms with Crippen molar-refractivity contribution in [3.05, 3.63) is 75.9 Å². The maximum Gasteiger partial charge on any atom is 0.279 e. The molecule has 2 atom stereocenters. The van der Waals surface area contributed by atoms with E-state index in [2.05, 4.69) is 34.2 Å². The molecule has 0 bridgehead atoms. The fraction of sp³-hybridized carbons (Fsp3) is 0.500. The number of halogens is 2. The Morgan fingerprint density at radius 1 is 1.13 bits per heavy atom. The van der Waals surface area contributed by atoms with E-state index in [0.29, 0.717) is 23.9 Å². The second-order valence-electron chi connectivity index (χ2n) is 12.2. The van der Waals surface area contributed by atoms with E-state index in [1.807, 2.05) is 36.0 Å². The van der Waals surface area contributed by atoms with E-state index in [9.17, 15) is 13.6 Å². The average molecular weight is 533 g/mol. The standard InChI is InChI=1S/C30H34F2N6O/c1-18-11-30(12-18,29-35-33-17-36(29)2)20-4-3-5-24(8-20)38-16-26(19-6-7-19)25-10-23(34-27(25)28(38)39)15-37-13-21(31)9-22(32)14-37/h3-5,8,10,16-19,21-22,34H,6-7,9,11-15H2,1-2H3/t18?,21-,22-,30?/m0/s1. The lowest BCUT2D eigenvalue weighted by Gasteiger charge is -2.46. The van der Waals surface area contributed by atoms with E-state index in [-0.39, 0.29) is 30.5 Å². The highest BCUT2D eigenvalue weighted by Crippen LogP contribution is 2.51. The SMILES string of the molecule is CC1CC(c2cccc(-n3cc(C4CC4)c4cc(CN5C[C@@H](F)C[C@H](F)C5)[nH]c4c3=O)c2)(c2nncn2C)C1. The molecule has 0 unspecified atom stereocenters. The number of benzene rings is 1. The van der Waals surface area contributed by atoms with Crippen LogP contribution < -0.4 is 5.56 Å². The maximum absolute atomic E-state index is 14.0. The summed E-state index contributed by atoms with van der Waals surface area (Å²) < 4.78 is 31.8. The maximum atomic E-state index is 14.0. The number of hydrogen-bond donors (Lipinski definition) is 1. The van der Waals surface area contributed by atoms with Crippen LogP contribution in [0.1, 0.15) is 67.6 Å². The predicted octanol–water partition coefficient (Wildman–Crippen LogP) is 4.92. The van der Waals surface area contributed by atoms with Gasteiger partial charge in [0.2, 0.25) is 0 Å². The number of alkyl halides is 2. The molecule has 7 rings (SSSR count). The van der Waals surface area contributed by atoms with Gasteiger partial charge < -0.3 is 9.55 Å². The van der Waals surface area contributed by atoms with Crippen LogP contribution >= 0.6 is 0 Å². The number of pyridine rings is 1. The highest BCUT2D eigenvalue weighted by atomic mass is 19.1. The van der Waals surface area contributed by atoms with Crippen molar-refractivity contribution >= 4 is 10.9 Å². The van der Waals surface area contributed by atoms with Crippen LogP contribution in [0, 0.1) is 5.92 Å². The summed E-state index contributed by atoms with van der Waals surface area (Å²) in [6, 6.07) is 10.3. The van der Waals surface area contributed by atoms with Crippen LogP contribution in [0.3, 0.4) is 0 Å². The fourth-order valence-electron chi connectivity index (χ4n) is 7.07. The van der Waals surface area contributed by atoms with Gasteiger partial charge in [-0.3, -0.25) is 14.3 Å². The molecule has 1 aromatic carbocycles. The minimum absolute atomic E-state index is 0.0321. The first-order chi connectivity index (χ1) is 18.8. The van der Waals surface area contributed by atoms with Crippen LogP contribution in [0.25, 0.3) is 16.6 Å². The van der Waals surface area contributed by atoms with Crippen LogP contribution in [0.4, 0.5) is 8.78 Å². The summed E-state index contributed by atoms with van der Waals surface area (Å²) in [6.45, 7) is 3.09. The number of rotatable bonds is 6. The molecule has 3 aromatic heterocycles. The van der Waals surface area contributed by atoms with Crippen LogP contribution in [0.5, 0.6) is 0 Å². The number of piperidine rings is 1. The minimum atomic E-state index is -1.16. The number of hydrogen-bond acceptors (Lipinski definition) is 4. The lowest BCUT2D eigenvalue weighted by molar-refractivity contribution is 0.0689. The van der Waals surface area contributed by atoms with Gasteiger partial charge in [0, 0.05) is 56.1 Å². The number of aryl methyl sites for hydroxylation is 1. The molecule has 4 aromatic rings. The number of nitrogens with zero attached hydrogens (tertiary/aromatic N) is 5. The Labute approximate surface area is 225 Å². The third-order valence-corrected chi connectivity index (χ3v) is 8.93. The lowest BCUT2D eigenvalue weighted by Crippen LogP contribution is -2.43. The molecule has 2 aliphatic carbocycles. The van der Waals surface area contributed by atoms with Crippen LogP contribution in [-0.2, 0) is 19.0 Å². The average Bonchev–Trinajstić information content (AvgIpc) is 3.49. The summed E-state index contributed by atoms with van der Waals surface area (Å²) in [4.78, 5) is 19.0. The van der Waals surface area contributed by atoms with Crippen LogP contribution in [0.15, 0.2) is 47.7 Å². The molecule has 9 heteroatoms. The smallest absolute Gasteiger partial charge is 0.279 e. The Bertz CT molecular complexity index is 1580. The number of aromatic nitrogens is 5. The van der Waals surface area contributed by atoms with Gasteiger partial charge in [0.15, 0.2) is 0 Å². The van der Waals surface area contributed by atoms with Gasteiger partial charge in [-0.2, -0.15) is 0 Å². The van der Waals surface area contributed by atoms with Crippen molar-refractivity contribution in [3.63, 3.8) is 0 Å². The van der Waals surface area contributed by atoms with E-state index < -0.39 is 12.3 Å². The zero-order valence-corrected chi connectivity index (χ0v) is 22.4. The second-order valence-corrected chi connectivity index (χ2v) is 12.2. The van der Waals surface area contributed by atoms with Gasteiger partial charge in [-0.05, 0) is 66.8 Å². The Hall–Kier alpha value is -3.33. The number of likely N-dealkylation sites (tertiary alicyclic amines) is 1. The number of H-pyrrole nitrogens is 1. The molecule has 2 saturated carbocycles. The van der Waals surface area contributed by atoms with Crippen molar-refractivity contribution in [2.45, 2.75) is 69.2 Å². The summed E-state index contributed by atoms with van der Waals surface area (Å²) in [6.07, 6.45) is 5.57. The molecule has 39 heavy (non-hydrogen) atoms. The minimum Gasteiger partial charge on any atom is -0.353 e. The largest absolute Gasteiger partial charge is 0.353 e. The van der Waals surface area contributed by atoms with Crippen LogP contribution in [0.2, 0.25) is 0 Å². The highest BCUT2D eigenvalue weighted by molar-refractivity contribution is 5.84. The number of aromatic amines is 1. The van der Waals surface area contributed by atoms with E-state index in [1.165, 1.54) is 0 Å². The fourth-order valence-corrected chi connectivity index (χ4v) is 7.07. The molecule has 3 fully saturated rings. The monoisotopic (exact) mass is 532 g/mol. The van der Waals surface area contributed by atoms with Gasteiger partial charge in [0.05, 0.1) is 5.41 Å². The van der Waals surface area contributed by atoms with Crippen molar-refractivity contribution in [3.8, 4) is 5.69 Å². The van der Waals surface area contributed by atoms with Crippen LogP contribution in [-0.4, -0.2) is 54.6 Å². The molecule has 1 saturated heterocycles. The zero-order chi connectivity index (χ0) is 26.9. The van der Waals surface area contributed by atoms with Gasteiger partial charge in [0.1, 0.15) is 30.0 Å². The lowest BCUT2D eigenvalue weighted by atomic mass is 9.58.